The number of carbonyl (C=O) groups is 2. The van der Waals surface area contributed by atoms with Crippen molar-refractivity contribution in [2.75, 3.05) is 11.9 Å². The van der Waals surface area contributed by atoms with E-state index >= 15 is 0 Å². The van der Waals surface area contributed by atoms with Crippen LogP contribution in [0.4, 0.5) is 5.69 Å². The number of hydrogen-bond acceptors (Lipinski definition) is 2. The van der Waals surface area contributed by atoms with E-state index in [1.54, 1.807) is 25.2 Å². The maximum Gasteiger partial charge on any atom is 0.254 e. The lowest BCUT2D eigenvalue weighted by Crippen LogP contribution is -2.45. The van der Waals surface area contributed by atoms with E-state index in [4.69, 9.17) is 11.6 Å². The number of halogens is 1. The van der Waals surface area contributed by atoms with E-state index in [1.807, 2.05) is 48.5 Å². The van der Waals surface area contributed by atoms with Crippen LogP contribution in [0.25, 0.3) is 11.1 Å². The molecule has 4 rings (SSSR count). The Labute approximate surface area is 176 Å². The maximum absolute atomic E-state index is 13.0. The summed E-state index contributed by atoms with van der Waals surface area (Å²) >= 11 is 6.04. The molecule has 0 spiro atoms. The lowest BCUT2D eigenvalue weighted by Gasteiger charge is -2.21. The van der Waals surface area contributed by atoms with Gasteiger partial charge in [-0.15, -0.1) is 0 Å². The Morgan fingerprint density at radius 1 is 0.931 bits per heavy atom. The number of rotatable bonds is 3. The summed E-state index contributed by atoms with van der Waals surface area (Å²) in [6.45, 7) is 0. The fourth-order valence-electron chi connectivity index (χ4n) is 3.52. The number of nitrogens with zero attached hydrogens (tertiary/aromatic N) is 1. The lowest BCUT2D eigenvalue weighted by atomic mass is 9.99. The molecule has 0 saturated heterocycles. The van der Waals surface area contributed by atoms with Gasteiger partial charge in [0.05, 0.1) is 11.3 Å². The van der Waals surface area contributed by atoms with Crippen LogP contribution in [0.2, 0.25) is 5.02 Å². The first kappa shape index (κ1) is 20.6. The summed E-state index contributed by atoms with van der Waals surface area (Å²) in [6.07, 6.45) is 0.414. The third-order valence-corrected chi connectivity index (χ3v) is 5.21. The van der Waals surface area contributed by atoms with Crippen molar-refractivity contribution in [1.82, 2.24) is 5.32 Å². The van der Waals surface area contributed by atoms with Crippen LogP contribution >= 0.6 is 11.6 Å². The van der Waals surface area contributed by atoms with Crippen molar-refractivity contribution in [3.05, 3.63) is 88.9 Å². The van der Waals surface area contributed by atoms with Crippen molar-refractivity contribution in [3.63, 3.8) is 0 Å². The monoisotopic (exact) mass is 406 g/mol. The van der Waals surface area contributed by atoms with E-state index in [2.05, 4.69) is 11.4 Å². The van der Waals surface area contributed by atoms with Crippen molar-refractivity contribution in [2.24, 2.45) is 0 Å². The number of benzene rings is 3. The number of amides is 2. The topological polar surface area (TPSA) is 49.4 Å². The molecule has 1 atom stereocenters. The van der Waals surface area contributed by atoms with Crippen molar-refractivity contribution in [3.8, 4) is 11.1 Å². The Kier molecular flexibility index (Phi) is 6.04. The molecule has 1 heterocycles. The molecule has 0 aromatic heterocycles. The van der Waals surface area contributed by atoms with E-state index in [0.717, 1.165) is 16.7 Å². The number of fused-ring (bicyclic) bond motifs is 1. The predicted octanol–water partition coefficient (Wildman–Crippen LogP) is 4.96. The van der Waals surface area contributed by atoms with Crippen LogP contribution in [0.3, 0.4) is 0 Å². The maximum atomic E-state index is 13.0. The fourth-order valence-corrected chi connectivity index (χ4v) is 3.69. The Morgan fingerprint density at radius 2 is 1.66 bits per heavy atom. The van der Waals surface area contributed by atoms with Gasteiger partial charge < -0.3 is 10.2 Å². The molecule has 3 aromatic carbocycles. The first-order valence-electron chi connectivity index (χ1n) is 9.05. The second kappa shape index (κ2) is 8.50. The Hall–Kier alpha value is -3.11. The summed E-state index contributed by atoms with van der Waals surface area (Å²) in [4.78, 5) is 27.2. The summed E-state index contributed by atoms with van der Waals surface area (Å²) in [6, 6.07) is 22.4. The average molecular weight is 407 g/mol. The van der Waals surface area contributed by atoms with Gasteiger partial charge in [0.15, 0.2) is 0 Å². The number of anilines is 1. The van der Waals surface area contributed by atoms with Gasteiger partial charge in [0.2, 0.25) is 5.91 Å². The number of carbonyl (C=O) groups excluding carboxylic acids is 2. The zero-order valence-corrected chi connectivity index (χ0v) is 16.1. The zero-order chi connectivity index (χ0) is 19.7. The largest absolute Gasteiger partial charge is 0.340 e. The van der Waals surface area contributed by atoms with Gasteiger partial charge in [0.1, 0.15) is 6.04 Å². The summed E-state index contributed by atoms with van der Waals surface area (Å²) < 4.78 is 0. The molecule has 5 heteroatoms. The van der Waals surface area contributed by atoms with Gasteiger partial charge in [0, 0.05) is 18.5 Å². The minimum absolute atomic E-state index is 0. The van der Waals surface area contributed by atoms with E-state index in [0.29, 0.717) is 22.7 Å². The molecule has 2 amide bonds. The number of likely N-dealkylation sites (N-methyl/N-ethyl adjacent to an activating group) is 1. The smallest absolute Gasteiger partial charge is 0.254 e. The van der Waals surface area contributed by atoms with Crippen molar-refractivity contribution < 1.29 is 9.59 Å². The van der Waals surface area contributed by atoms with Gasteiger partial charge in [-0.1, -0.05) is 73.6 Å². The molecular formula is C24H23ClN2O2. The van der Waals surface area contributed by atoms with Gasteiger partial charge in [-0.2, -0.15) is 0 Å². The fraction of sp³-hybridized carbons (Fsp3) is 0.167. The van der Waals surface area contributed by atoms with Crippen molar-refractivity contribution in [1.29, 1.82) is 0 Å². The summed E-state index contributed by atoms with van der Waals surface area (Å²) in [7, 11) is 1.68. The SMILES string of the molecule is C.CN1C(=O)C(Cc2cccc(-c3ccccc3)c2)NC(=O)c2cc(Cl)ccc21. The molecule has 0 radical (unpaired) electrons. The molecule has 0 bridgehead atoms. The van der Waals surface area contributed by atoms with Crippen molar-refractivity contribution in [2.45, 2.75) is 19.9 Å². The summed E-state index contributed by atoms with van der Waals surface area (Å²) in [5.74, 6) is -0.445. The minimum Gasteiger partial charge on any atom is -0.340 e. The summed E-state index contributed by atoms with van der Waals surface area (Å²) in [5.41, 5.74) is 4.14. The predicted molar refractivity (Wildman–Crippen MR) is 118 cm³/mol. The van der Waals surface area contributed by atoms with Crippen LogP contribution < -0.4 is 10.2 Å². The second-order valence-electron chi connectivity index (χ2n) is 6.86. The van der Waals surface area contributed by atoms with E-state index in [9.17, 15) is 9.59 Å². The Bertz CT molecular complexity index is 1050. The molecule has 1 unspecified atom stereocenters. The van der Waals surface area contributed by atoms with Crippen LogP contribution in [0, 0.1) is 0 Å². The Morgan fingerprint density at radius 3 is 2.41 bits per heavy atom. The highest BCUT2D eigenvalue weighted by molar-refractivity contribution is 6.31. The second-order valence-corrected chi connectivity index (χ2v) is 7.29. The molecule has 0 aliphatic carbocycles. The van der Waals surface area contributed by atoms with Gasteiger partial charge in [-0.05, 0) is 34.9 Å². The highest BCUT2D eigenvalue weighted by Gasteiger charge is 2.32. The highest BCUT2D eigenvalue weighted by atomic mass is 35.5. The normalized spacial score (nSPS) is 15.8. The first-order chi connectivity index (χ1) is 13.5. The molecule has 1 aliphatic heterocycles. The molecule has 29 heavy (non-hydrogen) atoms. The highest BCUT2D eigenvalue weighted by Crippen LogP contribution is 2.27. The third-order valence-electron chi connectivity index (χ3n) is 4.97. The standard InChI is InChI=1S/C23H19ClN2O2.CH4/c1-26-21-11-10-18(24)14-19(21)22(27)25-20(23(26)28)13-15-6-5-9-17(12-15)16-7-3-2-4-8-16;/h2-12,14,20H,13H2,1H3,(H,25,27);1H4. The zero-order valence-electron chi connectivity index (χ0n) is 15.4. The molecular weight excluding hydrogens is 384 g/mol. The minimum atomic E-state index is -0.644. The van der Waals surface area contributed by atoms with E-state index < -0.39 is 6.04 Å². The molecule has 3 aromatic rings. The molecule has 0 fully saturated rings. The molecule has 0 saturated carbocycles. The lowest BCUT2D eigenvalue weighted by molar-refractivity contribution is -0.120. The molecule has 148 valence electrons. The average Bonchev–Trinajstić information content (AvgIpc) is 2.80. The summed E-state index contributed by atoms with van der Waals surface area (Å²) in [5, 5.41) is 3.32. The van der Waals surface area contributed by atoms with Crippen LogP contribution in [0.5, 0.6) is 0 Å². The van der Waals surface area contributed by atoms with Gasteiger partial charge in [0.25, 0.3) is 5.91 Å². The molecule has 1 aliphatic rings. The molecule has 1 N–H and O–H groups in total. The number of nitrogens with one attached hydrogen (secondary N) is 1. The van der Waals surface area contributed by atoms with Crippen molar-refractivity contribution >= 4 is 29.1 Å². The van der Waals surface area contributed by atoms with Crippen LogP contribution in [0.1, 0.15) is 23.3 Å². The first-order valence-corrected chi connectivity index (χ1v) is 9.43. The quantitative estimate of drug-likeness (QED) is 0.668. The Balaban J connectivity index is 0.00000240. The van der Waals surface area contributed by atoms with Gasteiger partial charge >= 0.3 is 0 Å². The van der Waals surface area contributed by atoms with E-state index in [1.165, 1.54) is 4.90 Å². The molecule has 4 nitrogen and oxygen atoms in total. The van der Waals surface area contributed by atoms with E-state index in [-0.39, 0.29) is 19.2 Å². The number of hydrogen-bond donors (Lipinski definition) is 1. The third kappa shape index (κ3) is 4.17. The van der Waals surface area contributed by atoms with Crippen LogP contribution in [-0.4, -0.2) is 24.9 Å². The van der Waals surface area contributed by atoms with Gasteiger partial charge in [-0.3, -0.25) is 9.59 Å². The van der Waals surface area contributed by atoms with Crippen LogP contribution in [0.15, 0.2) is 72.8 Å². The van der Waals surface area contributed by atoms with Crippen LogP contribution in [-0.2, 0) is 11.2 Å². The van der Waals surface area contributed by atoms with Gasteiger partial charge in [-0.25, -0.2) is 0 Å².